The van der Waals surface area contributed by atoms with Gasteiger partial charge in [0.1, 0.15) is 11.4 Å². The normalized spacial score (nSPS) is 14.2. The van der Waals surface area contributed by atoms with Crippen molar-refractivity contribution in [2.45, 2.75) is 31.6 Å². The van der Waals surface area contributed by atoms with E-state index in [0.717, 1.165) is 19.4 Å². The quantitative estimate of drug-likeness (QED) is 0.383. The molecule has 0 unspecified atom stereocenters. The summed E-state index contributed by atoms with van der Waals surface area (Å²) in [6.45, 7) is 8.16. The number of hydrogen-bond acceptors (Lipinski definition) is 9. The van der Waals surface area contributed by atoms with E-state index in [9.17, 15) is 13.2 Å². The van der Waals surface area contributed by atoms with Crippen LogP contribution >= 0.6 is 0 Å². The first-order valence-electron chi connectivity index (χ1n) is 12.3. The summed E-state index contributed by atoms with van der Waals surface area (Å²) in [4.78, 5) is 24.3. The van der Waals surface area contributed by atoms with Crippen LogP contribution in [-0.2, 0) is 19.5 Å². The monoisotopic (exact) mass is 520 g/mol. The van der Waals surface area contributed by atoms with Crippen LogP contribution in [0.5, 0.6) is 0 Å². The Labute approximate surface area is 213 Å². The van der Waals surface area contributed by atoms with Crippen LogP contribution in [0.15, 0.2) is 35.4 Å². The van der Waals surface area contributed by atoms with Gasteiger partial charge in [0.2, 0.25) is 16.0 Å². The molecular formula is C24H36N6O5S. The number of carbonyl (C=O) groups excluding carboxylic acids is 1. The van der Waals surface area contributed by atoms with Crippen LogP contribution in [0.4, 0.5) is 17.5 Å². The van der Waals surface area contributed by atoms with Gasteiger partial charge in [0.25, 0.3) is 5.91 Å². The second kappa shape index (κ2) is 13.5. The van der Waals surface area contributed by atoms with Gasteiger partial charge in [-0.25, -0.2) is 13.4 Å². The topological polar surface area (TPSA) is 126 Å². The minimum absolute atomic E-state index is 0.138. The van der Waals surface area contributed by atoms with Gasteiger partial charge in [-0.3, -0.25) is 4.79 Å². The first kappa shape index (κ1) is 27.8. The molecule has 0 radical (unpaired) electrons. The Hall–Kier alpha value is -2.80. The van der Waals surface area contributed by atoms with Gasteiger partial charge < -0.3 is 25.0 Å². The molecule has 1 aliphatic heterocycles. The molecule has 0 spiro atoms. The molecule has 2 aromatic rings. The predicted octanol–water partition coefficient (Wildman–Crippen LogP) is 2.43. The summed E-state index contributed by atoms with van der Waals surface area (Å²) < 4.78 is 37.5. The molecule has 12 heteroatoms. The maximum atomic E-state index is 13.2. The molecule has 0 aliphatic carbocycles. The lowest BCUT2D eigenvalue weighted by Crippen LogP contribution is -2.38. The van der Waals surface area contributed by atoms with Crippen LogP contribution in [0.25, 0.3) is 0 Å². The molecule has 3 rings (SSSR count). The number of benzene rings is 1. The Morgan fingerprint density at radius 3 is 2.58 bits per heavy atom. The minimum Gasteiger partial charge on any atom is -0.380 e. The highest BCUT2D eigenvalue weighted by atomic mass is 32.2. The molecule has 1 aromatic carbocycles. The number of unbranched alkanes of at least 4 members (excludes halogenated alkanes) is 1. The number of hydrogen-bond donors (Lipinski definition) is 2. The number of rotatable bonds is 13. The Morgan fingerprint density at radius 1 is 1.19 bits per heavy atom. The SMILES string of the molecule is CCCCNc1ncc(C(=O)Nc2ccc(S(=O)(=O)N(C)CCOCC)cc2)c(N2CCOCC2)n1. The van der Waals surface area contributed by atoms with E-state index in [-0.39, 0.29) is 17.3 Å². The molecule has 1 fully saturated rings. The molecule has 1 aromatic heterocycles. The fourth-order valence-electron chi connectivity index (χ4n) is 3.56. The van der Waals surface area contributed by atoms with Crippen molar-refractivity contribution in [3.63, 3.8) is 0 Å². The predicted molar refractivity (Wildman–Crippen MR) is 139 cm³/mol. The molecule has 198 valence electrons. The number of aromatic nitrogens is 2. The Morgan fingerprint density at radius 2 is 1.92 bits per heavy atom. The standard InChI is InChI=1S/C24H36N6O5S/c1-4-6-11-25-24-26-18-21(22(28-24)30-13-16-35-17-14-30)23(31)27-19-7-9-20(10-8-19)36(32,33)29(3)12-15-34-5-2/h7-10,18H,4-6,11-17H2,1-3H3,(H,27,31)(H,25,26,28). The molecule has 11 nitrogen and oxygen atoms in total. The van der Waals surface area contributed by atoms with Gasteiger partial charge in [0.15, 0.2) is 0 Å². The summed E-state index contributed by atoms with van der Waals surface area (Å²) in [5.74, 6) is 0.644. The second-order valence-electron chi connectivity index (χ2n) is 8.31. The van der Waals surface area contributed by atoms with E-state index < -0.39 is 10.0 Å². The highest BCUT2D eigenvalue weighted by Crippen LogP contribution is 2.23. The Kier molecular flexibility index (Phi) is 10.4. The van der Waals surface area contributed by atoms with Crippen molar-refractivity contribution >= 4 is 33.4 Å². The fraction of sp³-hybridized carbons (Fsp3) is 0.542. The first-order chi connectivity index (χ1) is 17.4. The van der Waals surface area contributed by atoms with Crippen molar-refractivity contribution in [3.8, 4) is 0 Å². The number of carbonyl (C=O) groups is 1. The minimum atomic E-state index is -3.66. The molecule has 1 saturated heterocycles. The molecule has 36 heavy (non-hydrogen) atoms. The maximum Gasteiger partial charge on any atom is 0.261 e. The van der Waals surface area contributed by atoms with Gasteiger partial charge in [0.05, 0.1) is 24.7 Å². The van der Waals surface area contributed by atoms with E-state index >= 15 is 0 Å². The van der Waals surface area contributed by atoms with E-state index in [1.807, 2.05) is 11.8 Å². The maximum absolute atomic E-state index is 13.2. The van der Waals surface area contributed by atoms with Crippen molar-refractivity contribution in [1.29, 1.82) is 0 Å². The first-order valence-corrected chi connectivity index (χ1v) is 13.7. The summed E-state index contributed by atoms with van der Waals surface area (Å²) in [5, 5.41) is 6.04. The van der Waals surface area contributed by atoms with Crippen LogP contribution in [0.3, 0.4) is 0 Å². The zero-order valence-corrected chi connectivity index (χ0v) is 22.0. The van der Waals surface area contributed by atoms with Crippen LogP contribution in [0.2, 0.25) is 0 Å². The molecule has 2 heterocycles. The number of likely N-dealkylation sites (N-methyl/N-ethyl adjacent to an activating group) is 1. The van der Waals surface area contributed by atoms with Gasteiger partial charge >= 0.3 is 0 Å². The van der Waals surface area contributed by atoms with Crippen molar-refractivity contribution in [1.82, 2.24) is 14.3 Å². The molecule has 1 amide bonds. The number of nitrogens with one attached hydrogen (secondary N) is 2. The van der Waals surface area contributed by atoms with Crippen LogP contribution < -0.4 is 15.5 Å². The highest BCUT2D eigenvalue weighted by molar-refractivity contribution is 7.89. The van der Waals surface area contributed by atoms with E-state index in [0.29, 0.717) is 62.5 Å². The second-order valence-corrected chi connectivity index (χ2v) is 10.4. The number of sulfonamides is 1. The Balaban J connectivity index is 1.74. The molecule has 0 saturated carbocycles. The number of morpholine rings is 1. The summed E-state index contributed by atoms with van der Waals surface area (Å²) in [6.07, 6.45) is 3.56. The number of anilines is 3. The van der Waals surface area contributed by atoms with E-state index in [1.54, 1.807) is 12.1 Å². The molecule has 0 bridgehead atoms. The zero-order chi connectivity index (χ0) is 26.0. The zero-order valence-electron chi connectivity index (χ0n) is 21.2. The summed E-state index contributed by atoms with van der Waals surface area (Å²) in [7, 11) is -2.15. The number of nitrogens with zero attached hydrogens (tertiary/aromatic N) is 4. The molecule has 0 atom stereocenters. The van der Waals surface area contributed by atoms with Crippen molar-refractivity contribution in [2.24, 2.45) is 0 Å². The van der Waals surface area contributed by atoms with E-state index in [2.05, 4.69) is 27.5 Å². The molecular weight excluding hydrogens is 484 g/mol. The number of ether oxygens (including phenoxy) is 2. The van der Waals surface area contributed by atoms with Crippen molar-refractivity contribution in [2.75, 3.05) is 75.2 Å². The van der Waals surface area contributed by atoms with Gasteiger partial charge in [-0.1, -0.05) is 13.3 Å². The average molecular weight is 521 g/mol. The van der Waals surface area contributed by atoms with Gasteiger partial charge in [-0.05, 0) is 37.6 Å². The van der Waals surface area contributed by atoms with Gasteiger partial charge in [-0.2, -0.15) is 9.29 Å². The molecule has 1 aliphatic rings. The van der Waals surface area contributed by atoms with Gasteiger partial charge in [-0.15, -0.1) is 0 Å². The smallest absolute Gasteiger partial charge is 0.261 e. The van der Waals surface area contributed by atoms with Crippen LogP contribution in [0, 0.1) is 0 Å². The average Bonchev–Trinajstić information content (AvgIpc) is 2.89. The highest BCUT2D eigenvalue weighted by Gasteiger charge is 2.23. The third-order valence-electron chi connectivity index (χ3n) is 5.71. The fourth-order valence-corrected chi connectivity index (χ4v) is 4.71. The lowest BCUT2D eigenvalue weighted by atomic mass is 10.2. The largest absolute Gasteiger partial charge is 0.380 e. The lowest BCUT2D eigenvalue weighted by Gasteiger charge is -2.29. The molecule has 2 N–H and O–H groups in total. The van der Waals surface area contributed by atoms with Crippen molar-refractivity contribution < 1.29 is 22.7 Å². The number of amides is 1. The van der Waals surface area contributed by atoms with Gasteiger partial charge in [0, 0.05) is 51.7 Å². The Bertz CT molecular complexity index is 1090. The summed E-state index contributed by atoms with van der Waals surface area (Å²) >= 11 is 0. The third-order valence-corrected chi connectivity index (χ3v) is 7.58. The van der Waals surface area contributed by atoms with Crippen LogP contribution in [-0.4, -0.2) is 88.3 Å². The van der Waals surface area contributed by atoms with E-state index in [4.69, 9.17) is 9.47 Å². The lowest BCUT2D eigenvalue weighted by molar-refractivity contribution is 0.102. The summed E-state index contributed by atoms with van der Waals surface area (Å²) in [5.41, 5.74) is 0.805. The summed E-state index contributed by atoms with van der Waals surface area (Å²) in [6, 6.07) is 6.08. The third kappa shape index (κ3) is 7.36. The van der Waals surface area contributed by atoms with Crippen molar-refractivity contribution in [3.05, 3.63) is 36.0 Å². The van der Waals surface area contributed by atoms with E-state index in [1.165, 1.54) is 29.7 Å². The van der Waals surface area contributed by atoms with Crippen LogP contribution in [0.1, 0.15) is 37.0 Å².